The van der Waals surface area contributed by atoms with Crippen LogP contribution >= 0.6 is 0 Å². The van der Waals surface area contributed by atoms with E-state index in [9.17, 15) is 14.4 Å². The quantitative estimate of drug-likeness (QED) is 0.0243. The predicted octanol–water partition coefficient (Wildman–Crippen LogP) is 6.92. The molecule has 300 valence electrons. The highest BCUT2D eigenvalue weighted by Crippen LogP contribution is 2.23. The van der Waals surface area contributed by atoms with Gasteiger partial charge in [0, 0.05) is 58.0 Å². The fraction of sp³-hybridized carbons (Fsp3) is 0.400. The van der Waals surface area contributed by atoms with Crippen molar-refractivity contribution in [2.24, 2.45) is 0 Å². The zero-order chi connectivity index (χ0) is 40.6. The normalized spacial score (nSPS) is 13.4. The summed E-state index contributed by atoms with van der Waals surface area (Å²) in [6, 6.07) is 29.8. The van der Waals surface area contributed by atoms with Crippen molar-refractivity contribution < 1.29 is 28.6 Å². The van der Waals surface area contributed by atoms with E-state index in [4.69, 9.17) is 14.2 Å². The number of hydrogen-bond donors (Lipinski definition) is 3. The van der Waals surface area contributed by atoms with Crippen LogP contribution < -0.4 is 20.8 Å². The SMILES string of the molecule is C=CCN(NC(=O)NCc1ccccc1)C(C)(C=O)CNC(CN(Cc1cccc2ccccc12)CC(OCC)OCC)C(=O)c1ccc(OC(C)(C)C)cc1. The van der Waals surface area contributed by atoms with Crippen molar-refractivity contribution >= 4 is 28.9 Å². The number of urea groups is 1. The molecule has 0 saturated heterocycles. The van der Waals surface area contributed by atoms with Gasteiger partial charge in [-0.15, -0.1) is 6.58 Å². The van der Waals surface area contributed by atoms with E-state index in [1.54, 1.807) is 37.3 Å². The van der Waals surface area contributed by atoms with Crippen molar-refractivity contribution in [1.82, 2.24) is 26.0 Å². The minimum absolute atomic E-state index is 0.0212. The summed E-state index contributed by atoms with van der Waals surface area (Å²) in [6.07, 6.45) is 1.85. The molecule has 3 N–H and O–H groups in total. The van der Waals surface area contributed by atoms with Crippen LogP contribution in [0.3, 0.4) is 0 Å². The lowest BCUT2D eigenvalue weighted by atomic mass is 9.99. The second kappa shape index (κ2) is 21.4. The van der Waals surface area contributed by atoms with Crippen molar-refractivity contribution in [2.75, 3.05) is 39.4 Å². The van der Waals surface area contributed by atoms with Crippen LogP contribution in [0.1, 0.15) is 63.0 Å². The Labute approximate surface area is 332 Å². The second-order valence-electron chi connectivity index (χ2n) is 14.9. The maximum Gasteiger partial charge on any atom is 0.329 e. The molecular formula is C45H59N5O6. The first-order chi connectivity index (χ1) is 26.9. The van der Waals surface area contributed by atoms with Gasteiger partial charge in [0.05, 0.1) is 6.04 Å². The number of fused-ring (bicyclic) bond motifs is 1. The summed E-state index contributed by atoms with van der Waals surface area (Å²) in [4.78, 5) is 42.8. The van der Waals surface area contributed by atoms with Crippen molar-refractivity contribution in [3.63, 3.8) is 0 Å². The van der Waals surface area contributed by atoms with Gasteiger partial charge in [-0.1, -0.05) is 78.9 Å². The van der Waals surface area contributed by atoms with E-state index < -0.39 is 29.5 Å². The molecule has 4 aromatic carbocycles. The number of carbonyl (C=O) groups excluding carboxylic acids is 3. The number of ether oxygens (including phenoxy) is 3. The maximum absolute atomic E-state index is 14.6. The smallest absolute Gasteiger partial charge is 0.329 e. The molecule has 0 aliphatic carbocycles. The van der Waals surface area contributed by atoms with Gasteiger partial charge in [-0.3, -0.25) is 15.1 Å². The number of aldehydes is 1. The molecule has 0 heterocycles. The first kappa shape index (κ1) is 43.8. The molecule has 11 nitrogen and oxygen atoms in total. The molecule has 2 unspecified atom stereocenters. The van der Waals surface area contributed by atoms with Gasteiger partial charge in [0.2, 0.25) is 0 Å². The molecule has 2 atom stereocenters. The van der Waals surface area contributed by atoms with Crippen LogP contribution in [0.5, 0.6) is 5.75 Å². The van der Waals surface area contributed by atoms with E-state index in [0.29, 0.717) is 44.2 Å². The molecule has 0 radical (unpaired) electrons. The standard InChI is InChI=1S/C45H59N5O6/c1-8-27-50(48-43(53)46-28-34-17-12-11-13-18-34)45(7,33-51)32-47-40(42(52)36-23-25-38(26-24-36)56-44(4,5)6)30-49(31-41(54-9-2)55-10-3)29-37-21-16-20-35-19-14-15-22-39(35)37/h8,11-26,33,40-41,47H,1,9-10,27-32H2,2-7H3,(H2,46,48,53). The molecule has 0 aliphatic rings. The molecule has 0 bridgehead atoms. The summed E-state index contributed by atoms with van der Waals surface area (Å²) < 4.78 is 18.0. The minimum atomic E-state index is -1.28. The summed E-state index contributed by atoms with van der Waals surface area (Å²) in [5.41, 5.74) is 3.65. The Hall–Kier alpha value is -4.91. The van der Waals surface area contributed by atoms with Crippen LogP contribution in [0.25, 0.3) is 10.8 Å². The fourth-order valence-electron chi connectivity index (χ4n) is 6.33. The fourth-order valence-corrected chi connectivity index (χ4v) is 6.33. The molecule has 0 spiro atoms. The summed E-state index contributed by atoms with van der Waals surface area (Å²) in [6.45, 7) is 17.9. The summed E-state index contributed by atoms with van der Waals surface area (Å²) >= 11 is 0. The Morgan fingerprint density at radius 3 is 2.14 bits per heavy atom. The number of rotatable bonds is 23. The highest BCUT2D eigenvalue weighted by molar-refractivity contribution is 6.00. The Balaban J connectivity index is 1.66. The predicted molar refractivity (Wildman–Crippen MR) is 222 cm³/mol. The molecule has 0 saturated carbocycles. The first-order valence-corrected chi connectivity index (χ1v) is 19.3. The van der Waals surface area contributed by atoms with Crippen molar-refractivity contribution in [3.8, 4) is 5.75 Å². The van der Waals surface area contributed by atoms with Crippen molar-refractivity contribution in [2.45, 2.75) is 78.1 Å². The van der Waals surface area contributed by atoms with Gasteiger partial charge in [0.15, 0.2) is 12.1 Å². The number of ketones is 1. The Morgan fingerprint density at radius 2 is 1.50 bits per heavy atom. The average Bonchev–Trinajstić information content (AvgIpc) is 3.18. The zero-order valence-electron chi connectivity index (χ0n) is 33.8. The van der Waals surface area contributed by atoms with Crippen molar-refractivity contribution in [1.29, 1.82) is 0 Å². The minimum Gasteiger partial charge on any atom is -0.488 e. The van der Waals surface area contributed by atoms with Gasteiger partial charge in [0.25, 0.3) is 0 Å². The van der Waals surface area contributed by atoms with E-state index in [-0.39, 0.29) is 25.4 Å². The number of amides is 2. The maximum atomic E-state index is 14.6. The topological polar surface area (TPSA) is 121 Å². The molecule has 11 heteroatoms. The third kappa shape index (κ3) is 13.4. The van der Waals surface area contributed by atoms with E-state index in [1.807, 2.05) is 83.1 Å². The average molecular weight is 766 g/mol. The van der Waals surface area contributed by atoms with E-state index >= 15 is 0 Å². The van der Waals surface area contributed by atoms with Crippen molar-refractivity contribution in [3.05, 3.63) is 126 Å². The molecule has 4 rings (SSSR count). The van der Waals surface area contributed by atoms with Crippen LogP contribution in [-0.4, -0.2) is 90.9 Å². The number of nitrogens with zero attached hydrogens (tertiary/aromatic N) is 2. The van der Waals surface area contributed by atoms with Crippen LogP contribution in [0.2, 0.25) is 0 Å². The highest BCUT2D eigenvalue weighted by Gasteiger charge is 2.35. The highest BCUT2D eigenvalue weighted by atomic mass is 16.7. The van der Waals surface area contributed by atoms with Crippen LogP contribution in [0, 0.1) is 0 Å². The Morgan fingerprint density at radius 1 is 0.839 bits per heavy atom. The van der Waals surface area contributed by atoms with Crippen LogP contribution in [0.4, 0.5) is 4.79 Å². The number of carbonyl (C=O) groups is 3. The molecule has 0 aromatic heterocycles. The Bertz CT molecular complexity index is 1840. The largest absolute Gasteiger partial charge is 0.488 e. The molecule has 56 heavy (non-hydrogen) atoms. The van der Waals surface area contributed by atoms with E-state index in [2.05, 4.69) is 51.8 Å². The third-order valence-corrected chi connectivity index (χ3v) is 9.13. The summed E-state index contributed by atoms with van der Waals surface area (Å²) in [7, 11) is 0. The third-order valence-electron chi connectivity index (χ3n) is 9.13. The van der Waals surface area contributed by atoms with Gasteiger partial charge in [-0.2, -0.15) is 0 Å². The number of nitrogens with one attached hydrogen (secondary N) is 3. The van der Waals surface area contributed by atoms with Gasteiger partial charge in [-0.25, -0.2) is 9.80 Å². The number of Topliss-reactive ketones (excluding diaryl/α,β-unsaturated/α-hetero) is 1. The lowest BCUT2D eigenvalue weighted by molar-refractivity contribution is -0.148. The molecule has 2 amide bonds. The summed E-state index contributed by atoms with van der Waals surface area (Å²) in [5, 5.41) is 10.0. The summed E-state index contributed by atoms with van der Waals surface area (Å²) in [5.74, 6) is 0.481. The molecule has 0 fully saturated rings. The lowest BCUT2D eigenvalue weighted by Gasteiger charge is -2.38. The second-order valence-corrected chi connectivity index (χ2v) is 14.9. The zero-order valence-corrected chi connectivity index (χ0v) is 33.8. The Kier molecular flexibility index (Phi) is 16.7. The van der Waals surface area contributed by atoms with Crippen LogP contribution in [-0.2, 0) is 27.4 Å². The van der Waals surface area contributed by atoms with E-state index in [0.717, 1.165) is 28.2 Å². The molecule has 0 aliphatic heterocycles. The van der Waals surface area contributed by atoms with Gasteiger partial charge >= 0.3 is 6.03 Å². The number of hydrogen-bond acceptors (Lipinski definition) is 9. The lowest BCUT2D eigenvalue weighted by Crippen LogP contribution is -2.64. The van der Waals surface area contributed by atoms with Gasteiger partial charge in [0.1, 0.15) is 23.2 Å². The molecule has 4 aromatic rings. The molecular weight excluding hydrogens is 707 g/mol. The van der Waals surface area contributed by atoms with Gasteiger partial charge in [-0.05, 0) is 87.7 Å². The monoisotopic (exact) mass is 765 g/mol. The number of benzene rings is 4. The van der Waals surface area contributed by atoms with Gasteiger partial charge < -0.3 is 29.6 Å². The van der Waals surface area contributed by atoms with E-state index in [1.165, 1.54) is 5.01 Å². The first-order valence-electron chi connectivity index (χ1n) is 19.3. The number of hydrazine groups is 1. The van der Waals surface area contributed by atoms with Crippen LogP contribution in [0.15, 0.2) is 110 Å².